The first-order chi connectivity index (χ1) is 16.2. The topological polar surface area (TPSA) is 95.9 Å². The van der Waals surface area contributed by atoms with Crippen LogP contribution >= 0.6 is 0 Å². The lowest BCUT2D eigenvalue weighted by molar-refractivity contribution is -0.148. The summed E-state index contributed by atoms with van der Waals surface area (Å²) in [6.45, 7) is -0.559. The van der Waals surface area contributed by atoms with Crippen LogP contribution in [0.4, 0.5) is 13.6 Å². The standard InChI is InChI=1S/C25H24F2N2O5/c26-25(27)10-21(23(31)32)29(13-25)22(30)19-9-14(19)11-28-24(33)34-12-20-17-7-3-1-5-15(17)16-6-2-4-8-18(16)20/h1-8,14,19-21H,9-13H2,(H,28,33)(H,31,32)/t14-,19-,21-/m0/s1. The molecule has 7 nitrogen and oxygen atoms in total. The van der Waals surface area contributed by atoms with Crippen molar-refractivity contribution in [2.75, 3.05) is 19.7 Å². The van der Waals surface area contributed by atoms with E-state index in [9.17, 15) is 28.3 Å². The molecular formula is C25H24F2N2O5. The van der Waals surface area contributed by atoms with E-state index in [-0.39, 0.29) is 25.0 Å². The highest BCUT2D eigenvalue weighted by Crippen LogP contribution is 2.45. The van der Waals surface area contributed by atoms with Gasteiger partial charge in [-0.1, -0.05) is 48.5 Å². The molecule has 2 aromatic rings. The van der Waals surface area contributed by atoms with Gasteiger partial charge in [-0.2, -0.15) is 0 Å². The Labute approximate surface area is 194 Å². The first kappa shape index (κ1) is 22.3. The van der Waals surface area contributed by atoms with E-state index < -0.39 is 48.8 Å². The number of carboxylic acids is 1. The predicted octanol–water partition coefficient (Wildman–Crippen LogP) is 3.48. The van der Waals surface area contributed by atoms with Crippen molar-refractivity contribution in [2.45, 2.75) is 30.7 Å². The normalized spacial score (nSPS) is 24.3. The van der Waals surface area contributed by atoms with E-state index in [0.29, 0.717) is 6.42 Å². The highest BCUT2D eigenvalue weighted by atomic mass is 19.3. The highest BCUT2D eigenvalue weighted by Gasteiger charge is 2.54. The summed E-state index contributed by atoms with van der Waals surface area (Å²) in [5, 5.41) is 11.8. The van der Waals surface area contributed by atoms with E-state index in [1.807, 2.05) is 48.5 Å². The molecule has 0 aromatic heterocycles. The summed E-state index contributed by atoms with van der Waals surface area (Å²) in [6.07, 6.45) is -1.07. The van der Waals surface area contributed by atoms with E-state index in [1.165, 1.54) is 0 Å². The lowest BCUT2D eigenvalue weighted by Crippen LogP contribution is -2.42. The Morgan fingerprint density at radius 2 is 1.68 bits per heavy atom. The predicted molar refractivity (Wildman–Crippen MR) is 117 cm³/mol. The summed E-state index contributed by atoms with van der Waals surface area (Å²) in [5.41, 5.74) is 4.44. The lowest BCUT2D eigenvalue weighted by Gasteiger charge is -2.21. The van der Waals surface area contributed by atoms with Crippen molar-refractivity contribution >= 4 is 18.0 Å². The summed E-state index contributed by atoms with van der Waals surface area (Å²) in [7, 11) is 0. The Morgan fingerprint density at radius 1 is 1.06 bits per heavy atom. The number of alkyl halides is 2. The molecule has 2 aromatic carbocycles. The SMILES string of the molecule is O=C(NC[C@@H]1C[C@@H]1C(=O)N1CC(F)(F)C[C@H]1C(=O)O)OCC1c2ccccc2-c2ccccc21. The number of carbonyl (C=O) groups is 3. The molecular weight excluding hydrogens is 446 g/mol. The van der Waals surface area contributed by atoms with Crippen LogP contribution < -0.4 is 5.32 Å². The van der Waals surface area contributed by atoms with E-state index in [4.69, 9.17) is 4.74 Å². The van der Waals surface area contributed by atoms with Crippen molar-refractivity contribution in [3.63, 3.8) is 0 Å². The largest absolute Gasteiger partial charge is 0.480 e. The van der Waals surface area contributed by atoms with Crippen LogP contribution in [0.25, 0.3) is 11.1 Å². The number of carbonyl (C=O) groups excluding carboxylic acids is 2. The second-order valence-electron chi connectivity index (χ2n) is 9.19. The van der Waals surface area contributed by atoms with Crippen molar-refractivity contribution in [3.05, 3.63) is 59.7 Å². The molecule has 2 N–H and O–H groups in total. The number of carboxylic acid groups (broad SMARTS) is 1. The molecule has 1 saturated heterocycles. The molecule has 0 unspecified atom stereocenters. The van der Waals surface area contributed by atoms with Gasteiger partial charge < -0.3 is 20.1 Å². The van der Waals surface area contributed by atoms with E-state index in [2.05, 4.69) is 5.32 Å². The number of hydrogen-bond donors (Lipinski definition) is 2. The first-order valence-electron chi connectivity index (χ1n) is 11.2. The molecule has 2 amide bonds. The van der Waals surface area contributed by atoms with Gasteiger partial charge in [-0.25, -0.2) is 18.4 Å². The maximum absolute atomic E-state index is 13.7. The van der Waals surface area contributed by atoms with Crippen LogP contribution in [-0.2, 0) is 14.3 Å². The number of amides is 2. The fraction of sp³-hybridized carbons (Fsp3) is 0.400. The fourth-order valence-electron chi connectivity index (χ4n) is 5.12. The first-order valence-corrected chi connectivity index (χ1v) is 11.2. The van der Waals surface area contributed by atoms with Gasteiger partial charge in [0.05, 0.1) is 6.54 Å². The fourth-order valence-corrected chi connectivity index (χ4v) is 5.12. The second kappa shape index (κ2) is 8.38. The van der Waals surface area contributed by atoms with Crippen molar-refractivity contribution in [2.24, 2.45) is 11.8 Å². The number of rotatable bonds is 6. The van der Waals surface area contributed by atoms with Gasteiger partial charge in [0.15, 0.2) is 0 Å². The molecule has 1 heterocycles. The number of nitrogens with zero attached hydrogens (tertiary/aromatic N) is 1. The zero-order chi connectivity index (χ0) is 24.0. The molecule has 1 aliphatic heterocycles. The molecule has 0 radical (unpaired) electrons. The van der Waals surface area contributed by atoms with Crippen LogP contribution in [0.5, 0.6) is 0 Å². The number of hydrogen-bond acceptors (Lipinski definition) is 4. The van der Waals surface area contributed by atoms with Crippen LogP contribution in [0.3, 0.4) is 0 Å². The third-order valence-corrected chi connectivity index (χ3v) is 6.93. The summed E-state index contributed by atoms with van der Waals surface area (Å²) in [6, 6.07) is 14.5. The third-order valence-electron chi connectivity index (χ3n) is 6.93. The number of nitrogens with one attached hydrogen (secondary N) is 1. The third kappa shape index (κ3) is 4.10. The van der Waals surface area contributed by atoms with Gasteiger partial charge in [0.1, 0.15) is 12.6 Å². The molecule has 1 saturated carbocycles. The molecule has 178 valence electrons. The molecule has 0 spiro atoms. The molecule has 9 heteroatoms. The smallest absolute Gasteiger partial charge is 0.407 e. The van der Waals surface area contributed by atoms with Crippen molar-refractivity contribution < 1.29 is 33.0 Å². The minimum Gasteiger partial charge on any atom is -0.480 e. The average molecular weight is 470 g/mol. The van der Waals surface area contributed by atoms with Gasteiger partial charge in [0.2, 0.25) is 5.91 Å². The Morgan fingerprint density at radius 3 is 2.29 bits per heavy atom. The molecule has 5 rings (SSSR count). The summed E-state index contributed by atoms with van der Waals surface area (Å²) >= 11 is 0. The number of likely N-dealkylation sites (tertiary alicyclic amines) is 1. The van der Waals surface area contributed by atoms with Crippen LogP contribution in [0.15, 0.2) is 48.5 Å². The minimum absolute atomic E-state index is 0.0711. The number of benzene rings is 2. The monoisotopic (exact) mass is 470 g/mol. The Balaban J connectivity index is 1.13. The van der Waals surface area contributed by atoms with Gasteiger partial charge in [0.25, 0.3) is 5.92 Å². The van der Waals surface area contributed by atoms with Gasteiger partial charge >= 0.3 is 12.1 Å². The van der Waals surface area contributed by atoms with Crippen molar-refractivity contribution in [1.29, 1.82) is 0 Å². The van der Waals surface area contributed by atoms with Crippen molar-refractivity contribution in [3.8, 4) is 11.1 Å². The Bertz CT molecular complexity index is 1110. The molecule has 3 atom stereocenters. The number of halogens is 2. The summed E-state index contributed by atoms with van der Waals surface area (Å²) < 4.78 is 32.8. The van der Waals surface area contributed by atoms with E-state index in [1.54, 1.807) is 0 Å². The molecule has 2 fully saturated rings. The average Bonchev–Trinajstić information content (AvgIpc) is 3.42. The quantitative estimate of drug-likeness (QED) is 0.674. The van der Waals surface area contributed by atoms with Crippen molar-refractivity contribution in [1.82, 2.24) is 10.2 Å². The number of aliphatic carboxylic acids is 1. The summed E-state index contributed by atoms with van der Waals surface area (Å²) in [5.74, 6) is -6.09. The lowest BCUT2D eigenvalue weighted by atomic mass is 9.98. The second-order valence-corrected chi connectivity index (χ2v) is 9.19. The van der Waals surface area contributed by atoms with Gasteiger partial charge in [-0.05, 0) is 34.6 Å². The Kier molecular flexibility index (Phi) is 5.50. The van der Waals surface area contributed by atoms with Crippen LogP contribution in [0, 0.1) is 11.8 Å². The van der Waals surface area contributed by atoms with Gasteiger partial charge in [-0.15, -0.1) is 0 Å². The molecule has 0 bridgehead atoms. The number of ether oxygens (including phenoxy) is 1. The number of alkyl carbamates (subject to hydrolysis) is 1. The maximum atomic E-state index is 13.7. The van der Waals surface area contributed by atoms with Crippen LogP contribution in [0.1, 0.15) is 29.9 Å². The zero-order valence-electron chi connectivity index (χ0n) is 18.2. The highest BCUT2D eigenvalue weighted by molar-refractivity contribution is 5.88. The molecule has 2 aliphatic carbocycles. The van der Waals surface area contributed by atoms with Gasteiger partial charge in [-0.3, -0.25) is 4.79 Å². The minimum atomic E-state index is -3.21. The molecule has 3 aliphatic rings. The zero-order valence-corrected chi connectivity index (χ0v) is 18.2. The van der Waals surface area contributed by atoms with E-state index >= 15 is 0 Å². The summed E-state index contributed by atoms with van der Waals surface area (Å²) in [4.78, 5) is 36.9. The van der Waals surface area contributed by atoms with Crippen LogP contribution in [0.2, 0.25) is 0 Å². The molecule has 34 heavy (non-hydrogen) atoms. The maximum Gasteiger partial charge on any atom is 0.407 e. The number of fused-ring (bicyclic) bond motifs is 3. The van der Waals surface area contributed by atoms with E-state index in [0.717, 1.165) is 27.2 Å². The van der Waals surface area contributed by atoms with Crippen LogP contribution in [-0.4, -0.2) is 59.6 Å². The Hall–Kier alpha value is -3.49. The van der Waals surface area contributed by atoms with Gasteiger partial charge in [0, 0.05) is 24.8 Å².